The average molecular weight is 384 g/mol. The Morgan fingerprint density at radius 1 is 1.00 bits per heavy atom. The van der Waals surface area contributed by atoms with Crippen LogP contribution < -0.4 is 10.1 Å². The Kier molecular flexibility index (Phi) is 6.21. The molecule has 0 fully saturated rings. The molecule has 0 aliphatic rings. The largest absolute Gasteiger partial charge is 0.481 e. The molecule has 0 radical (unpaired) electrons. The van der Waals surface area contributed by atoms with E-state index in [0.717, 1.165) is 15.5 Å². The number of halogens is 1. The van der Waals surface area contributed by atoms with Crippen molar-refractivity contribution >= 4 is 35.0 Å². The van der Waals surface area contributed by atoms with E-state index in [2.05, 4.69) is 5.32 Å². The van der Waals surface area contributed by atoms with Crippen LogP contribution in [0.4, 0.5) is 5.69 Å². The van der Waals surface area contributed by atoms with Crippen LogP contribution in [0.15, 0.2) is 88.7 Å². The summed E-state index contributed by atoms with van der Waals surface area (Å²) in [4.78, 5) is 14.6. The van der Waals surface area contributed by atoms with E-state index in [-0.39, 0.29) is 5.91 Å². The molecule has 132 valence electrons. The van der Waals surface area contributed by atoms with E-state index < -0.39 is 6.10 Å². The van der Waals surface area contributed by atoms with Crippen LogP contribution in [-0.2, 0) is 4.79 Å². The molecule has 26 heavy (non-hydrogen) atoms. The van der Waals surface area contributed by atoms with Crippen molar-refractivity contribution in [1.29, 1.82) is 0 Å². The number of rotatable bonds is 6. The number of ether oxygens (including phenoxy) is 1. The molecule has 1 unspecified atom stereocenters. The topological polar surface area (TPSA) is 38.3 Å². The number of carbonyl (C=O) groups excluding carboxylic acids is 1. The Hall–Kier alpha value is -2.43. The predicted octanol–water partition coefficient (Wildman–Crippen LogP) is 5.90. The van der Waals surface area contributed by atoms with Crippen molar-refractivity contribution in [3.8, 4) is 5.75 Å². The summed E-state index contributed by atoms with van der Waals surface area (Å²) < 4.78 is 5.68. The second-order valence-corrected chi connectivity index (χ2v) is 7.17. The van der Waals surface area contributed by atoms with Gasteiger partial charge in [-0.15, -0.1) is 0 Å². The molecule has 1 amide bonds. The number of amides is 1. The first-order chi connectivity index (χ1) is 12.6. The lowest BCUT2D eigenvalue weighted by Crippen LogP contribution is -2.30. The van der Waals surface area contributed by atoms with Crippen molar-refractivity contribution in [3.05, 3.63) is 83.9 Å². The zero-order valence-corrected chi connectivity index (χ0v) is 15.8. The van der Waals surface area contributed by atoms with Gasteiger partial charge in [-0.1, -0.05) is 59.8 Å². The van der Waals surface area contributed by atoms with Crippen LogP contribution >= 0.6 is 23.4 Å². The summed E-state index contributed by atoms with van der Waals surface area (Å²) in [5.74, 6) is 0.346. The minimum absolute atomic E-state index is 0.217. The van der Waals surface area contributed by atoms with Gasteiger partial charge in [0.25, 0.3) is 5.91 Å². The van der Waals surface area contributed by atoms with E-state index in [4.69, 9.17) is 16.3 Å². The molecule has 0 bridgehead atoms. The highest BCUT2D eigenvalue weighted by Crippen LogP contribution is 2.33. The smallest absolute Gasteiger partial charge is 0.265 e. The van der Waals surface area contributed by atoms with Gasteiger partial charge in [-0.2, -0.15) is 0 Å². The molecular weight excluding hydrogens is 366 g/mol. The highest BCUT2D eigenvalue weighted by atomic mass is 35.5. The SMILES string of the molecule is CC(Oc1cccc(Cl)c1)C(=O)Nc1ccccc1Sc1ccccc1. The maximum absolute atomic E-state index is 12.5. The third-order valence-corrected chi connectivity index (χ3v) is 4.91. The fourth-order valence-electron chi connectivity index (χ4n) is 2.31. The molecule has 0 aromatic heterocycles. The van der Waals surface area contributed by atoms with Crippen LogP contribution in [0.3, 0.4) is 0 Å². The highest BCUT2D eigenvalue weighted by Gasteiger charge is 2.16. The van der Waals surface area contributed by atoms with Gasteiger partial charge in [0, 0.05) is 14.8 Å². The second kappa shape index (κ2) is 8.79. The number of hydrogen-bond acceptors (Lipinski definition) is 3. The van der Waals surface area contributed by atoms with Crippen molar-refractivity contribution in [3.63, 3.8) is 0 Å². The fourth-order valence-corrected chi connectivity index (χ4v) is 3.41. The lowest BCUT2D eigenvalue weighted by Gasteiger charge is -2.16. The molecule has 0 heterocycles. The molecule has 0 saturated carbocycles. The average Bonchev–Trinajstić information content (AvgIpc) is 2.64. The van der Waals surface area contributed by atoms with Crippen LogP contribution in [0.1, 0.15) is 6.92 Å². The minimum Gasteiger partial charge on any atom is -0.481 e. The number of benzene rings is 3. The van der Waals surface area contributed by atoms with Gasteiger partial charge in [0.2, 0.25) is 0 Å². The van der Waals surface area contributed by atoms with Crippen molar-refractivity contribution in [2.45, 2.75) is 22.8 Å². The molecule has 0 aliphatic carbocycles. The van der Waals surface area contributed by atoms with Crippen LogP contribution in [0.5, 0.6) is 5.75 Å². The first-order valence-electron chi connectivity index (χ1n) is 8.17. The molecule has 3 rings (SSSR count). The highest BCUT2D eigenvalue weighted by molar-refractivity contribution is 7.99. The molecule has 0 saturated heterocycles. The summed E-state index contributed by atoms with van der Waals surface area (Å²) in [5.41, 5.74) is 0.757. The first kappa shape index (κ1) is 18.4. The van der Waals surface area contributed by atoms with E-state index in [1.807, 2.05) is 54.6 Å². The minimum atomic E-state index is -0.650. The summed E-state index contributed by atoms with van der Waals surface area (Å²) in [7, 11) is 0. The van der Waals surface area contributed by atoms with Gasteiger partial charge < -0.3 is 10.1 Å². The van der Waals surface area contributed by atoms with Gasteiger partial charge in [-0.25, -0.2) is 0 Å². The van der Waals surface area contributed by atoms with Gasteiger partial charge in [0.05, 0.1) is 5.69 Å². The maximum Gasteiger partial charge on any atom is 0.265 e. The predicted molar refractivity (Wildman–Crippen MR) is 107 cm³/mol. The van der Waals surface area contributed by atoms with E-state index in [1.165, 1.54) is 0 Å². The summed E-state index contributed by atoms with van der Waals surface area (Å²) in [6, 6.07) is 24.7. The van der Waals surface area contributed by atoms with Crippen LogP contribution in [0, 0.1) is 0 Å². The molecule has 3 aromatic carbocycles. The lowest BCUT2D eigenvalue weighted by atomic mass is 10.3. The van der Waals surface area contributed by atoms with Crippen LogP contribution in [-0.4, -0.2) is 12.0 Å². The monoisotopic (exact) mass is 383 g/mol. The first-order valence-corrected chi connectivity index (χ1v) is 9.36. The molecule has 3 nitrogen and oxygen atoms in total. The van der Waals surface area contributed by atoms with E-state index in [0.29, 0.717) is 10.8 Å². The van der Waals surface area contributed by atoms with Gasteiger partial charge in [-0.05, 0) is 49.4 Å². The van der Waals surface area contributed by atoms with Gasteiger partial charge >= 0.3 is 0 Å². The molecule has 0 spiro atoms. The zero-order chi connectivity index (χ0) is 18.4. The van der Waals surface area contributed by atoms with E-state index >= 15 is 0 Å². The Morgan fingerprint density at radius 2 is 1.73 bits per heavy atom. The van der Waals surface area contributed by atoms with Crippen molar-refractivity contribution in [2.75, 3.05) is 5.32 Å². The van der Waals surface area contributed by atoms with Gasteiger partial charge in [0.1, 0.15) is 5.75 Å². The van der Waals surface area contributed by atoms with Gasteiger partial charge in [0.15, 0.2) is 6.10 Å². The Balaban J connectivity index is 1.69. The normalized spacial score (nSPS) is 11.6. The number of hydrogen-bond donors (Lipinski definition) is 1. The van der Waals surface area contributed by atoms with Gasteiger partial charge in [-0.3, -0.25) is 4.79 Å². The number of anilines is 1. The summed E-state index contributed by atoms with van der Waals surface area (Å²) in [6.45, 7) is 1.71. The fraction of sp³-hybridized carbons (Fsp3) is 0.0952. The standard InChI is InChI=1S/C21H18ClNO2S/c1-15(25-17-9-7-8-16(22)14-17)21(24)23-19-12-5-6-13-20(19)26-18-10-3-2-4-11-18/h2-15H,1H3,(H,23,24). The third-order valence-electron chi connectivity index (χ3n) is 3.59. The zero-order valence-electron chi connectivity index (χ0n) is 14.2. The molecule has 1 N–H and O–H groups in total. The molecule has 5 heteroatoms. The maximum atomic E-state index is 12.5. The van der Waals surface area contributed by atoms with E-state index in [1.54, 1.807) is 43.0 Å². The Bertz CT molecular complexity index is 886. The molecule has 3 aromatic rings. The van der Waals surface area contributed by atoms with Crippen molar-refractivity contribution in [2.24, 2.45) is 0 Å². The number of para-hydroxylation sites is 1. The lowest BCUT2D eigenvalue weighted by molar-refractivity contribution is -0.122. The summed E-state index contributed by atoms with van der Waals surface area (Å²) in [5, 5.41) is 3.52. The van der Waals surface area contributed by atoms with Crippen molar-refractivity contribution < 1.29 is 9.53 Å². The summed E-state index contributed by atoms with van der Waals surface area (Å²) in [6.07, 6.45) is -0.650. The van der Waals surface area contributed by atoms with Crippen LogP contribution in [0.25, 0.3) is 0 Å². The Labute approximate surface area is 162 Å². The Morgan fingerprint density at radius 3 is 2.50 bits per heavy atom. The van der Waals surface area contributed by atoms with Crippen molar-refractivity contribution in [1.82, 2.24) is 0 Å². The summed E-state index contributed by atoms with van der Waals surface area (Å²) >= 11 is 7.55. The third kappa shape index (κ3) is 5.04. The molecular formula is C21H18ClNO2S. The molecule has 0 aliphatic heterocycles. The van der Waals surface area contributed by atoms with Crippen LogP contribution in [0.2, 0.25) is 5.02 Å². The number of nitrogens with one attached hydrogen (secondary N) is 1. The van der Waals surface area contributed by atoms with E-state index in [9.17, 15) is 4.79 Å². The molecule has 1 atom stereocenters. The second-order valence-electron chi connectivity index (χ2n) is 5.62. The quantitative estimate of drug-likeness (QED) is 0.576. The number of carbonyl (C=O) groups is 1.